The second-order valence-corrected chi connectivity index (χ2v) is 6.39. The fourth-order valence-corrected chi connectivity index (χ4v) is 3.61. The van der Waals surface area contributed by atoms with Gasteiger partial charge in [0.2, 0.25) is 0 Å². The van der Waals surface area contributed by atoms with Crippen LogP contribution in [0.5, 0.6) is 5.75 Å². The van der Waals surface area contributed by atoms with Crippen LogP contribution < -0.4 is 10.5 Å². The molecule has 0 aliphatic carbocycles. The highest BCUT2D eigenvalue weighted by molar-refractivity contribution is 5.47. The average Bonchev–Trinajstić information content (AvgIpc) is 2.32. The van der Waals surface area contributed by atoms with Crippen LogP contribution in [0, 0.1) is 13.8 Å². The number of hydrogen-bond donors (Lipinski definition) is 1. The average molecular weight is 260 g/mol. The molecule has 1 aromatic rings. The third-order valence-corrected chi connectivity index (χ3v) is 4.68. The molecule has 2 aliphatic rings. The SMILES string of the molecule is Cc1cc(C)c2c(c1)OC1(CCN(C)CC1)CC2N. The summed E-state index contributed by atoms with van der Waals surface area (Å²) in [6, 6.07) is 4.48. The van der Waals surface area contributed by atoms with E-state index in [9.17, 15) is 0 Å². The van der Waals surface area contributed by atoms with Crippen molar-refractivity contribution in [3.63, 3.8) is 0 Å². The van der Waals surface area contributed by atoms with Crippen LogP contribution in [0.2, 0.25) is 0 Å². The maximum atomic E-state index is 6.44. The van der Waals surface area contributed by atoms with Gasteiger partial charge < -0.3 is 15.4 Å². The molecule has 2 heterocycles. The maximum absolute atomic E-state index is 6.44. The third-order valence-electron chi connectivity index (χ3n) is 4.68. The van der Waals surface area contributed by atoms with Gasteiger partial charge in [0.25, 0.3) is 0 Å². The van der Waals surface area contributed by atoms with E-state index in [1.807, 2.05) is 0 Å². The summed E-state index contributed by atoms with van der Waals surface area (Å²) < 4.78 is 6.43. The first kappa shape index (κ1) is 12.9. The smallest absolute Gasteiger partial charge is 0.125 e. The van der Waals surface area contributed by atoms with E-state index in [0.717, 1.165) is 38.1 Å². The predicted octanol–water partition coefficient (Wildman–Crippen LogP) is 2.55. The Morgan fingerprint density at radius 1 is 1.26 bits per heavy atom. The number of hydrogen-bond acceptors (Lipinski definition) is 3. The van der Waals surface area contributed by atoms with Crippen LogP contribution in [-0.2, 0) is 0 Å². The highest BCUT2D eigenvalue weighted by atomic mass is 16.5. The molecule has 104 valence electrons. The van der Waals surface area contributed by atoms with Gasteiger partial charge in [0.1, 0.15) is 11.4 Å². The van der Waals surface area contributed by atoms with Gasteiger partial charge in [-0.1, -0.05) is 6.07 Å². The lowest BCUT2D eigenvalue weighted by atomic mass is 9.80. The van der Waals surface area contributed by atoms with Gasteiger partial charge in [-0.15, -0.1) is 0 Å². The van der Waals surface area contributed by atoms with Crippen molar-refractivity contribution in [2.24, 2.45) is 5.73 Å². The minimum atomic E-state index is -0.0286. The molecule has 0 aromatic heterocycles. The van der Waals surface area contributed by atoms with Crippen molar-refractivity contribution in [1.29, 1.82) is 0 Å². The van der Waals surface area contributed by atoms with Crippen LogP contribution in [0.4, 0.5) is 0 Å². The molecular formula is C16H24N2O. The Hall–Kier alpha value is -1.06. The largest absolute Gasteiger partial charge is 0.487 e. The van der Waals surface area contributed by atoms with Gasteiger partial charge in [0.05, 0.1) is 0 Å². The van der Waals surface area contributed by atoms with Gasteiger partial charge in [-0.2, -0.15) is 0 Å². The van der Waals surface area contributed by atoms with Crippen LogP contribution in [0.15, 0.2) is 12.1 Å². The highest BCUT2D eigenvalue weighted by Gasteiger charge is 2.42. The summed E-state index contributed by atoms with van der Waals surface area (Å²) >= 11 is 0. The monoisotopic (exact) mass is 260 g/mol. The number of fused-ring (bicyclic) bond motifs is 1. The first-order valence-electron chi connectivity index (χ1n) is 7.23. The normalized spacial score (nSPS) is 26.0. The lowest BCUT2D eigenvalue weighted by Crippen LogP contribution is -2.50. The zero-order valence-corrected chi connectivity index (χ0v) is 12.2. The maximum Gasteiger partial charge on any atom is 0.125 e. The Balaban J connectivity index is 1.95. The van der Waals surface area contributed by atoms with Gasteiger partial charge in [0, 0.05) is 31.1 Å². The molecule has 0 saturated carbocycles. The van der Waals surface area contributed by atoms with Crippen molar-refractivity contribution >= 4 is 0 Å². The molecule has 0 amide bonds. The third kappa shape index (κ3) is 2.26. The molecule has 1 aromatic carbocycles. The van der Waals surface area contributed by atoms with E-state index in [1.165, 1.54) is 16.7 Å². The van der Waals surface area contributed by atoms with Crippen LogP contribution >= 0.6 is 0 Å². The van der Waals surface area contributed by atoms with Crippen molar-refractivity contribution in [1.82, 2.24) is 4.90 Å². The molecule has 3 nitrogen and oxygen atoms in total. The molecular weight excluding hydrogens is 236 g/mol. The quantitative estimate of drug-likeness (QED) is 0.779. The molecule has 1 saturated heterocycles. The highest BCUT2D eigenvalue weighted by Crippen LogP contribution is 2.44. The standard InChI is InChI=1S/C16H24N2O/c1-11-8-12(2)15-13(17)10-16(19-14(15)9-11)4-6-18(3)7-5-16/h8-9,13H,4-7,10,17H2,1-3H3. The number of nitrogens with zero attached hydrogens (tertiary/aromatic N) is 1. The fraction of sp³-hybridized carbons (Fsp3) is 0.625. The van der Waals surface area contributed by atoms with Gasteiger partial charge in [-0.05, 0) is 50.9 Å². The van der Waals surface area contributed by atoms with Gasteiger partial charge in [-0.3, -0.25) is 0 Å². The van der Waals surface area contributed by atoms with E-state index >= 15 is 0 Å². The number of rotatable bonds is 0. The number of aryl methyl sites for hydroxylation is 2. The van der Waals surface area contributed by atoms with E-state index in [4.69, 9.17) is 10.5 Å². The number of nitrogens with two attached hydrogens (primary N) is 1. The Bertz CT molecular complexity index is 490. The second kappa shape index (κ2) is 4.50. The van der Waals surface area contributed by atoms with Crippen LogP contribution in [0.3, 0.4) is 0 Å². The molecule has 1 fully saturated rings. The molecule has 1 atom stereocenters. The Morgan fingerprint density at radius 3 is 2.63 bits per heavy atom. The molecule has 2 aliphatic heterocycles. The molecule has 1 unspecified atom stereocenters. The fourth-order valence-electron chi connectivity index (χ4n) is 3.61. The van der Waals surface area contributed by atoms with Crippen LogP contribution in [-0.4, -0.2) is 30.6 Å². The lowest BCUT2D eigenvalue weighted by Gasteiger charge is -2.46. The Labute approximate surface area is 115 Å². The second-order valence-electron chi connectivity index (χ2n) is 6.39. The Kier molecular flexibility index (Phi) is 3.06. The molecule has 2 N–H and O–H groups in total. The van der Waals surface area contributed by atoms with Crippen molar-refractivity contribution in [3.8, 4) is 5.75 Å². The molecule has 0 radical (unpaired) electrons. The van der Waals surface area contributed by atoms with Gasteiger partial charge in [-0.25, -0.2) is 0 Å². The lowest BCUT2D eigenvalue weighted by molar-refractivity contribution is -0.0165. The molecule has 3 rings (SSSR count). The summed E-state index contributed by atoms with van der Waals surface area (Å²) in [4.78, 5) is 2.37. The van der Waals surface area contributed by atoms with Crippen LogP contribution in [0.1, 0.15) is 42.0 Å². The van der Waals surface area contributed by atoms with Gasteiger partial charge >= 0.3 is 0 Å². The summed E-state index contributed by atoms with van der Waals surface area (Å²) in [6.45, 7) is 6.47. The first-order chi connectivity index (χ1) is 8.99. The van der Waals surface area contributed by atoms with Crippen molar-refractivity contribution in [3.05, 3.63) is 28.8 Å². The van der Waals surface area contributed by atoms with Crippen molar-refractivity contribution < 1.29 is 4.74 Å². The summed E-state index contributed by atoms with van der Waals surface area (Å²) in [7, 11) is 2.18. The molecule has 0 bridgehead atoms. The first-order valence-corrected chi connectivity index (χ1v) is 7.23. The summed E-state index contributed by atoms with van der Waals surface area (Å²) in [6.07, 6.45) is 3.13. The van der Waals surface area contributed by atoms with E-state index in [0.29, 0.717) is 0 Å². The zero-order valence-electron chi connectivity index (χ0n) is 12.2. The minimum Gasteiger partial charge on any atom is -0.487 e. The predicted molar refractivity (Wildman–Crippen MR) is 77.6 cm³/mol. The molecule has 19 heavy (non-hydrogen) atoms. The number of ether oxygens (including phenoxy) is 1. The number of likely N-dealkylation sites (tertiary alicyclic amines) is 1. The van der Waals surface area contributed by atoms with E-state index < -0.39 is 0 Å². The van der Waals surface area contributed by atoms with Crippen molar-refractivity contribution in [2.45, 2.75) is 44.8 Å². The summed E-state index contributed by atoms with van der Waals surface area (Å²) in [5.74, 6) is 1.03. The molecule has 3 heteroatoms. The summed E-state index contributed by atoms with van der Waals surface area (Å²) in [5.41, 5.74) is 10.2. The van der Waals surface area contributed by atoms with E-state index in [-0.39, 0.29) is 11.6 Å². The minimum absolute atomic E-state index is 0.0286. The summed E-state index contributed by atoms with van der Waals surface area (Å²) in [5, 5.41) is 0. The van der Waals surface area contributed by atoms with E-state index in [1.54, 1.807) is 0 Å². The Morgan fingerprint density at radius 2 is 1.95 bits per heavy atom. The van der Waals surface area contributed by atoms with Crippen LogP contribution in [0.25, 0.3) is 0 Å². The van der Waals surface area contributed by atoms with E-state index in [2.05, 4.69) is 37.9 Å². The topological polar surface area (TPSA) is 38.5 Å². The zero-order chi connectivity index (χ0) is 13.6. The molecule has 1 spiro atoms. The van der Waals surface area contributed by atoms with Gasteiger partial charge in [0.15, 0.2) is 0 Å². The number of piperidine rings is 1. The van der Waals surface area contributed by atoms with Crippen molar-refractivity contribution in [2.75, 3.05) is 20.1 Å². The number of benzene rings is 1.